The largest absolute Gasteiger partial charge is 0.387 e. The Morgan fingerprint density at radius 3 is 2.85 bits per heavy atom. The summed E-state index contributed by atoms with van der Waals surface area (Å²) in [6, 6.07) is 10.8. The number of nitrogens with one attached hydrogen (secondary N) is 3. The molecule has 3 aromatic heterocycles. The number of aryl methyl sites for hydroxylation is 1. The second-order valence-electron chi connectivity index (χ2n) is 8.19. The summed E-state index contributed by atoms with van der Waals surface area (Å²) in [6.07, 6.45) is 0.760. The summed E-state index contributed by atoms with van der Waals surface area (Å²) < 4.78 is 5.44. The first-order chi connectivity index (χ1) is 16.5. The Bertz CT molecular complexity index is 1380. The molecule has 1 aliphatic rings. The number of nitrogens with zero attached hydrogens (tertiary/aromatic N) is 3. The molecule has 4 aromatic rings. The highest BCUT2D eigenvalue weighted by Crippen LogP contribution is 2.28. The number of pyridine rings is 2. The molecule has 4 heterocycles. The molecule has 0 unspecified atom stereocenters. The van der Waals surface area contributed by atoms with Crippen LogP contribution in [0.25, 0.3) is 22.4 Å². The number of morpholine rings is 1. The molecule has 0 radical (unpaired) electrons. The van der Waals surface area contributed by atoms with Crippen molar-refractivity contribution in [3.8, 4) is 11.4 Å². The monoisotopic (exact) mass is 480 g/mol. The molecule has 0 amide bonds. The second kappa shape index (κ2) is 9.46. The summed E-state index contributed by atoms with van der Waals surface area (Å²) in [5.41, 5.74) is 3.61. The fourth-order valence-electron chi connectivity index (χ4n) is 4.13. The third-order valence-electron chi connectivity index (χ3n) is 5.88. The minimum absolute atomic E-state index is 0.193. The van der Waals surface area contributed by atoms with Gasteiger partial charge in [-0.25, -0.2) is 9.97 Å². The molecule has 176 valence electrons. The van der Waals surface area contributed by atoms with Gasteiger partial charge in [-0.3, -0.25) is 4.79 Å². The average molecular weight is 481 g/mol. The van der Waals surface area contributed by atoms with Crippen LogP contribution in [0.2, 0.25) is 5.02 Å². The van der Waals surface area contributed by atoms with Gasteiger partial charge < -0.3 is 30.0 Å². The van der Waals surface area contributed by atoms with Crippen LogP contribution >= 0.6 is 11.6 Å². The number of aromatic nitrogens is 4. The Kier molecular flexibility index (Phi) is 6.23. The van der Waals surface area contributed by atoms with E-state index in [4.69, 9.17) is 21.3 Å². The first-order valence-electron chi connectivity index (χ1n) is 11.1. The molecule has 1 aromatic carbocycles. The molecule has 1 atom stereocenters. The van der Waals surface area contributed by atoms with E-state index in [0.29, 0.717) is 46.4 Å². The molecule has 1 saturated heterocycles. The van der Waals surface area contributed by atoms with E-state index in [9.17, 15) is 9.90 Å². The summed E-state index contributed by atoms with van der Waals surface area (Å²) in [6.45, 7) is 5.00. The topological polar surface area (TPSA) is 119 Å². The number of aliphatic hydroxyl groups excluding tert-OH is 1. The van der Waals surface area contributed by atoms with E-state index in [1.807, 2.05) is 13.0 Å². The highest BCUT2D eigenvalue weighted by molar-refractivity contribution is 6.30. The molecule has 4 N–H and O–H groups in total. The number of H-pyrrole nitrogens is 2. The van der Waals surface area contributed by atoms with Crippen molar-refractivity contribution in [2.45, 2.75) is 13.0 Å². The summed E-state index contributed by atoms with van der Waals surface area (Å²) in [5, 5.41) is 14.3. The maximum Gasteiger partial charge on any atom is 0.261 e. The lowest BCUT2D eigenvalue weighted by Crippen LogP contribution is -2.36. The predicted molar refractivity (Wildman–Crippen MR) is 133 cm³/mol. The summed E-state index contributed by atoms with van der Waals surface area (Å²) >= 11 is 6.04. The quantitative estimate of drug-likeness (QED) is 0.334. The van der Waals surface area contributed by atoms with Gasteiger partial charge in [0.05, 0.1) is 36.2 Å². The molecule has 5 rings (SSSR count). The normalized spacial score (nSPS) is 15.0. The number of imidazole rings is 1. The SMILES string of the molecule is Cc1nc(N2CCOCC2)cc2[nH]c(-c3c(NC[C@@H](O)c4cccc(Cl)c4)cc[nH]c3=O)nc12. The van der Waals surface area contributed by atoms with Gasteiger partial charge in [0.25, 0.3) is 5.56 Å². The molecule has 34 heavy (non-hydrogen) atoms. The van der Waals surface area contributed by atoms with Crippen molar-refractivity contribution >= 4 is 34.1 Å². The highest BCUT2D eigenvalue weighted by atomic mass is 35.5. The number of fused-ring (bicyclic) bond motifs is 1. The summed E-state index contributed by atoms with van der Waals surface area (Å²) in [7, 11) is 0. The Morgan fingerprint density at radius 1 is 1.24 bits per heavy atom. The van der Waals surface area contributed by atoms with Gasteiger partial charge >= 0.3 is 0 Å². The predicted octanol–water partition coefficient (Wildman–Crippen LogP) is 3.26. The van der Waals surface area contributed by atoms with Crippen molar-refractivity contribution in [1.29, 1.82) is 0 Å². The molecule has 0 aliphatic carbocycles. The Balaban J connectivity index is 1.46. The number of aromatic amines is 2. The number of halogens is 1. The van der Waals surface area contributed by atoms with Gasteiger partial charge in [-0.05, 0) is 30.7 Å². The maximum absolute atomic E-state index is 12.8. The molecule has 0 bridgehead atoms. The number of benzene rings is 1. The van der Waals surface area contributed by atoms with E-state index < -0.39 is 6.10 Å². The average Bonchev–Trinajstić information content (AvgIpc) is 3.27. The standard InChI is InChI=1S/C24H25ClN6O3/c1-14-22-18(12-20(28-14)31-7-9-34-10-8-31)29-23(30-22)21-17(5-6-26-24(21)33)27-13-19(32)15-3-2-4-16(25)11-15/h2-6,11-12,19,32H,7-10,13H2,1H3,(H,29,30)(H2,26,27,33)/t19-/m1/s1. The third kappa shape index (κ3) is 4.50. The molecule has 0 spiro atoms. The zero-order valence-electron chi connectivity index (χ0n) is 18.6. The van der Waals surface area contributed by atoms with E-state index in [1.54, 1.807) is 36.5 Å². The molecule has 0 saturated carbocycles. The van der Waals surface area contributed by atoms with Gasteiger partial charge in [0, 0.05) is 36.9 Å². The second-order valence-corrected chi connectivity index (χ2v) is 8.63. The van der Waals surface area contributed by atoms with Crippen LogP contribution in [0, 0.1) is 6.92 Å². The van der Waals surface area contributed by atoms with E-state index in [0.717, 1.165) is 30.1 Å². The van der Waals surface area contributed by atoms with Crippen LogP contribution in [0.15, 0.2) is 47.4 Å². The van der Waals surface area contributed by atoms with Crippen molar-refractivity contribution < 1.29 is 9.84 Å². The summed E-state index contributed by atoms with van der Waals surface area (Å²) in [4.78, 5) is 30.4. The fourth-order valence-corrected chi connectivity index (χ4v) is 4.32. The van der Waals surface area contributed by atoms with E-state index in [-0.39, 0.29) is 12.1 Å². The number of rotatable bonds is 6. The lowest BCUT2D eigenvalue weighted by molar-refractivity contribution is 0.122. The zero-order valence-corrected chi connectivity index (χ0v) is 19.4. The minimum Gasteiger partial charge on any atom is -0.387 e. The van der Waals surface area contributed by atoms with Crippen LogP contribution in [-0.2, 0) is 4.74 Å². The van der Waals surface area contributed by atoms with Gasteiger partial charge in [-0.15, -0.1) is 0 Å². The smallest absolute Gasteiger partial charge is 0.261 e. The van der Waals surface area contributed by atoms with Gasteiger partial charge in [0.1, 0.15) is 22.7 Å². The van der Waals surface area contributed by atoms with Gasteiger partial charge in [-0.1, -0.05) is 23.7 Å². The highest BCUT2D eigenvalue weighted by Gasteiger charge is 2.19. The van der Waals surface area contributed by atoms with Crippen LogP contribution in [0.1, 0.15) is 17.4 Å². The van der Waals surface area contributed by atoms with Gasteiger partial charge in [-0.2, -0.15) is 0 Å². The van der Waals surface area contributed by atoms with Gasteiger partial charge in [0.15, 0.2) is 0 Å². The number of hydrogen-bond acceptors (Lipinski definition) is 7. The third-order valence-corrected chi connectivity index (χ3v) is 6.12. The molecule has 9 nitrogen and oxygen atoms in total. The molecule has 1 fully saturated rings. The van der Waals surface area contributed by atoms with Crippen LogP contribution in [0.5, 0.6) is 0 Å². The Morgan fingerprint density at radius 2 is 2.06 bits per heavy atom. The van der Waals surface area contributed by atoms with Crippen molar-refractivity contribution in [2.75, 3.05) is 43.1 Å². The van der Waals surface area contributed by atoms with E-state index in [1.165, 1.54) is 0 Å². The van der Waals surface area contributed by atoms with E-state index >= 15 is 0 Å². The van der Waals surface area contributed by atoms with Crippen LogP contribution in [0.3, 0.4) is 0 Å². The Hall–Kier alpha value is -3.40. The fraction of sp³-hybridized carbons (Fsp3) is 0.292. The molecular formula is C24H25ClN6O3. The number of aliphatic hydroxyl groups is 1. The Labute approximate surface area is 200 Å². The van der Waals surface area contributed by atoms with Crippen molar-refractivity contribution in [3.05, 3.63) is 69.2 Å². The molecule has 10 heteroatoms. The van der Waals surface area contributed by atoms with Crippen LogP contribution < -0.4 is 15.8 Å². The number of hydrogen-bond donors (Lipinski definition) is 4. The minimum atomic E-state index is -0.802. The van der Waals surface area contributed by atoms with Crippen molar-refractivity contribution in [1.82, 2.24) is 19.9 Å². The van der Waals surface area contributed by atoms with E-state index in [2.05, 4.69) is 25.2 Å². The van der Waals surface area contributed by atoms with Crippen molar-refractivity contribution in [3.63, 3.8) is 0 Å². The number of ether oxygens (including phenoxy) is 1. The first kappa shape index (κ1) is 22.4. The van der Waals surface area contributed by atoms with Crippen LogP contribution in [-0.4, -0.2) is 57.9 Å². The first-order valence-corrected chi connectivity index (χ1v) is 11.5. The molecule has 1 aliphatic heterocycles. The summed E-state index contributed by atoms with van der Waals surface area (Å²) in [5.74, 6) is 1.29. The molecular weight excluding hydrogens is 456 g/mol. The van der Waals surface area contributed by atoms with Crippen molar-refractivity contribution in [2.24, 2.45) is 0 Å². The number of anilines is 2. The van der Waals surface area contributed by atoms with Crippen LogP contribution in [0.4, 0.5) is 11.5 Å². The van der Waals surface area contributed by atoms with Gasteiger partial charge in [0.2, 0.25) is 0 Å². The maximum atomic E-state index is 12.8. The zero-order chi connectivity index (χ0) is 23.7. The lowest BCUT2D eigenvalue weighted by Gasteiger charge is -2.27. The lowest BCUT2D eigenvalue weighted by atomic mass is 10.1.